The van der Waals surface area contributed by atoms with Crippen molar-refractivity contribution in [2.75, 3.05) is 47.6 Å². The minimum atomic E-state index is 0.784. The molecule has 0 aromatic heterocycles. The van der Waals surface area contributed by atoms with Gasteiger partial charge in [-0.1, -0.05) is 170 Å². The minimum Gasteiger partial charge on any atom is -0.497 e. The van der Waals surface area contributed by atoms with E-state index < -0.39 is 0 Å². The third-order valence-electron chi connectivity index (χ3n) is 13.6. The highest BCUT2D eigenvalue weighted by Crippen LogP contribution is 2.41. The zero-order valence-electron chi connectivity index (χ0n) is 45.4. The molecule has 0 saturated heterocycles. The van der Waals surface area contributed by atoms with Crippen LogP contribution in [0, 0.1) is 0 Å². The van der Waals surface area contributed by atoms with Gasteiger partial charge in [-0.15, -0.1) is 0 Å². The predicted octanol–water partition coefficient (Wildman–Crippen LogP) is 17.6. The van der Waals surface area contributed by atoms with Crippen molar-refractivity contribution in [1.29, 1.82) is 0 Å². The fourth-order valence-corrected chi connectivity index (χ4v) is 9.35. The summed E-state index contributed by atoms with van der Waals surface area (Å²) in [5, 5.41) is 0. The molecule has 0 atom stereocenters. The Morgan fingerprint density at radius 1 is 0.278 bits per heavy atom. The maximum Gasteiger partial charge on any atom is 0.118 e. The number of methoxy groups -OCH3 is 6. The van der Waals surface area contributed by atoms with E-state index in [1.165, 1.54) is 0 Å². The summed E-state index contributed by atoms with van der Waals surface area (Å²) in [7, 11) is 10.1. The van der Waals surface area contributed by atoms with Crippen molar-refractivity contribution in [3.05, 3.63) is 305 Å². The predicted molar refractivity (Wildman–Crippen MR) is 327 cm³/mol. The third-order valence-corrected chi connectivity index (χ3v) is 13.6. The van der Waals surface area contributed by atoms with Gasteiger partial charge in [0.2, 0.25) is 0 Å². The Morgan fingerprint density at radius 2 is 0.544 bits per heavy atom. The second kappa shape index (κ2) is 26.7. The van der Waals surface area contributed by atoms with Crippen LogP contribution in [0.15, 0.2) is 255 Å². The number of hydrogen-bond acceptors (Lipinski definition) is 7. The lowest BCUT2D eigenvalue weighted by Gasteiger charge is -2.28. The average Bonchev–Trinajstić information content (AvgIpc) is 3.59. The number of rotatable bonds is 21. The number of hydrogen-bond donors (Lipinski definition) is 0. The molecule has 0 fully saturated rings. The quantitative estimate of drug-likeness (QED) is 0.0665. The molecule has 0 unspecified atom stereocenters. The molecule has 9 aromatic carbocycles. The number of ether oxygens (including phenoxy) is 6. The summed E-state index contributed by atoms with van der Waals surface area (Å²) in [4.78, 5) is 2.32. The number of benzene rings is 9. The summed E-state index contributed by atoms with van der Waals surface area (Å²) >= 11 is 0. The van der Waals surface area contributed by atoms with Gasteiger partial charge >= 0.3 is 0 Å². The van der Waals surface area contributed by atoms with E-state index in [0.717, 1.165) is 118 Å². The lowest BCUT2D eigenvalue weighted by atomic mass is 9.93. The topological polar surface area (TPSA) is 58.6 Å². The summed E-state index contributed by atoms with van der Waals surface area (Å²) in [6.07, 6.45) is 19.6. The molecule has 0 aliphatic rings. The molecule has 0 aliphatic heterocycles. The molecule has 0 bridgehead atoms. The zero-order valence-corrected chi connectivity index (χ0v) is 45.4. The summed E-state index contributed by atoms with van der Waals surface area (Å²) in [6.45, 7) is 0. The maximum absolute atomic E-state index is 5.58. The van der Waals surface area contributed by atoms with Crippen LogP contribution >= 0.6 is 0 Å². The highest BCUT2D eigenvalue weighted by Gasteiger charge is 2.19. The minimum absolute atomic E-state index is 0.784. The summed E-state index contributed by atoms with van der Waals surface area (Å²) in [6, 6.07) is 74.5. The second-order valence-corrected chi connectivity index (χ2v) is 18.2. The first-order chi connectivity index (χ1) is 38.9. The first kappa shape index (κ1) is 53.8. The zero-order chi connectivity index (χ0) is 54.8. The van der Waals surface area contributed by atoms with E-state index in [4.69, 9.17) is 28.4 Å². The highest BCUT2D eigenvalue weighted by molar-refractivity contribution is 5.91. The first-order valence-electron chi connectivity index (χ1n) is 26.0. The van der Waals surface area contributed by atoms with Crippen molar-refractivity contribution in [2.24, 2.45) is 0 Å². The Bertz CT molecular complexity index is 3410. The van der Waals surface area contributed by atoms with Gasteiger partial charge in [0.1, 0.15) is 34.5 Å². The molecular formula is C72H63NO6. The van der Waals surface area contributed by atoms with E-state index in [0.29, 0.717) is 0 Å². The largest absolute Gasteiger partial charge is 0.497 e. The normalized spacial score (nSPS) is 11.0. The van der Waals surface area contributed by atoms with Gasteiger partial charge in [0.05, 0.1) is 48.3 Å². The second-order valence-electron chi connectivity index (χ2n) is 18.2. The monoisotopic (exact) mass is 1040 g/mol. The van der Waals surface area contributed by atoms with E-state index >= 15 is 0 Å². The Morgan fingerprint density at radius 3 is 0.823 bits per heavy atom. The standard InChI is InChI=1S/C72H63NO6/c1-74-61-39-26-53(27-40-61)67(54-28-41-62(75-2)42-29-54)21-13-16-52-38-51-72(73(59-17-9-7-10-18-59)60-19-11-8-12-20-60)71(25-15-23-69(57-34-47-65(78-5)48-35-57)58-36-49-66(79-6)50-37-58)70(52)24-14-22-68(55-30-43-63(76-3)44-31-55)56-32-45-64(77-4)46-33-56/h7-51H,1-6H3. The molecule has 0 saturated carbocycles. The van der Waals surface area contributed by atoms with Crippen molar-refractivity contribution >= 4 is 52.0 Å². The first-order valence-corrected chi connectivity index (χ1v) is 26.0. The van der Waals surface area contributed by atoms with Gasteiger partial charge in [-0.25, -0.2) is 0 Å². The highest BCUT2D eigenvalue weighted by atomic mass is 16.5. The molecule has 0 spiro atoms. The van der Waals surface area contributed by atoms with Gasteiger partial charge < -0.3 is 33.3 Å². The van der Waals surface area contributed by atoms with E-state index in [9.17, 15) is 0 Å². The van der Waals surface area contributed by atoms with Gasteiger partial charge in [0, 0.05) is 16.9 Å². The maximum atomic E-state index is 5.58. The molecule has 0 aliphatic carbocycles. The lowest BCUT2D eigenvalue weighted by Crippen LogP contribution is -2.12. The van der Waals surface area contributed by atoms with Gasteiger partial charge in [-0.05, 0) is 164 Å². The van der Waals surface area contributed by atoms with E-state index in [-0.39, 0.29) is 0 Å². The van der Waals surface area contributed by atoms with Crippen LogP contribution < -0.4 is 33.3 Å². The molecule has 7 nitrogen and oxygen atoms in total. The van der Waals surface area contributed by atoms with Crippen LogP contribution in [0.4, 0.5) is 17.1 Å². The molecule has 0 amide bonds. The van der Waals surface area contributed by atoms with Crippen molar-refractivity contribution in [3.63, 3.8) is 0 Å². The molecule has 0 N–H and O–H groups in total. The van der Waals surface area contributed by atoms with Crippen molar-refractivity contribution in [1.82, 2.24) is 0 Å². The van der Waals surface area contributed by atoms with Gasteiger partial charge in [-0.2, -0.15) is 0 Å². The lowest BCUT2D eigenvalue weighted by molar-refractivity contribution is 0.414. The molecule has 0 radical (unpaired) electrons. The Balaban J connectivity index is 1.30. The molecule has 7 heteroatoms. The van der Waals surface area contributed by atoms with Crippen LogP contribution in [-0.4, -0.2) is 42.7 Å². The summed E-state index contributed by atoms with van der Waals surface area (Å²) in [5.74, 6) is 4.71. The SMILES string of the molecule is COc1ccc(C(=CC=Cc2ccc(N(c3ccccc3)c3ccccc3)c(C=CC=C(c3ccc(OC)cc3)c3ccc(OC)cc3)c2C=CC=C(c2ccc(OC)cc2)c2ccc(OC)cc2)c2ccc(OC)cc2)cc1. The third kappa shape index (κ3) is 13.4. The van der Waals surface area contributed by atoms with E-state index in [2.05, 4.69) is 205 Å². The van der Waals surface area contributed by atoms with Crippen molar-refractivity contribution in [3.8, 4) is 34.5 Å². The van der Waals surface area contributed by atoms with Crippen LogP contribution in [-0.2, 0) is 0 Å². The fourth-order valence-electron chi connectivity index (χ4n) is 9.35. The molecule has 0 heterocycles. The van der Waals surface area contributed by atoms with E-state index in [1.54, 1.807) is 42.7 Å². The van der Waals surface area contributed by atoms with Crippen LogP contribution in [0.25, 0.3) is 34.9 Å². The van der Waals surface area contributed by atoms with Gasteiger partial charge in [0.25, 0.3) is 0 Å². The average molecular weight is 1040 g/mol. The molecule has 9 aromatic rings. The van der Waals surface area contributed by atoms with Gasteiger partial charge in [0.15, 0.2) is 0 Å². The Labute approximate surface area is 465 Å². The van der Waals surface area contributed by atoms with Gasteiger partial charge in [-0.3, -0.25) is 0 Å². The van der Waals surface area contributed by atoms with Crippen LogP contribution in [0.5, 0.6) is 34.5 Å². The molecule has 392 valence electrons. The smallest absolute Gasteiger partial charge is 0.118 e. The van der Waals surface area contributed by atoms with Crippen LogP contribution in [0.2, 0.25) is 0 Å². The number of anilines is 3. The van der Waals surface area contributed by atoms with Crippen molar-refractivity contribution < 1.29 is 28.4 Å². The number of allylic oxidation sites excluding steroid dienone is 6. The number of para-hydroxylation sites is 2. The molecular weight excluding hydrogens is 975 g/mol. The molecule has 9 rings (SSSR count). The fraction of sp³-hybridized carbons (Fsp3) is 0.0833. The number of nitrogens with zero attached hydrogens (tertiary/aromatic N) is 1. The summed E-state index contributed by atoms with van der Waals surface area (Å²) < 4.78 is 33.4. The molecule has 79 heavy (non-hydrogen) atoms. The van der Waals surface area contributed by atoms with E-state index in [1.807, 2.05) is 72.8 Å². The Hall–Kier alpha value is -9.98. The van der Waals surface area contributed by atoms with Crippen LogP contribution in [0.3, 0.4) is 0 Å². The Kier molecular flexibility index (Phi) is 18.2. The summed E-state index contributed by atoms with van der Waals surface area (Å²) in [5.41, 5.74) is 15.3. The van der Waals surface area contributed by atoms with Crippen LogP contribution in [0.1, 0.15) is 50.1 Å². The van der Waals surface area contributed by atoms with Crippen molar-refractivity contribution in [2.45, 2.75) is 0 Å².